The Morgan fingerprint density at radius 2 is 1.85 bits per heavy atom. The smallest absolute Gasteiger partial charge is 0.142 e. The number of nitrogen functional groups attached to an aromatic ring is 1. The van der Waals surface area contributed by atoms with Gasteiger partial charge in [0.15, 0.2) is 0 Å². The van der Waals surface area contributed by atoms with Crippen LogP contribution in [0.15, 0.2) is 54.7 Å². The molecule has 0 bridgehead atoms. The second kappa shape index (κ2) is 7.78. The molecule has 0 saturated heterocycles. The van der Waals surface area contributed by atoms with Gasteiger partial charge in [-0.05, 0) is 43.7 Å². The van der Waals surface area contributed by atoms with Crippen molar-refractivity contribution in [2.45, 2.75) is 13.8 Å². The van der Waals surface area contributed by atoms with E-state index in [-0.39, 0.29) is 0 Å². The molecule has 0 spiro atoms. The fourth-order valence-electron chi connectivity index (χ4n) is 2.75. The molecule has 3 rings (SSSR count). The second-order valence-electron chi connectivity index (χ2n) is 6.26. The van der Waals surface area contributed by atoms with Crippen molar-refractivity contribution in [3.8, 4) is 5.75 Å². The number of hydrogen-bond donors (Lipinski definition) is 4. The highest BCUT2D eigenvalue weighted by atomic mass is 16.5. The number of nitrogens with zero attached hydrogens (tertiary/aromatic N) is 1. The summed E-state index contributed by atoms with van der Waals surface area (Å²) in [7, 11) is 1.62. The summed E-state index contributed by atoms with van der Waals surface area (Å²) in [5.41, 5.74) is 11.5. The number of methoxy groups -OCH3 is 1. The van der Waals surface area contributed by atoms with Crippen molar-refractivity contribution in [2.75, 3.05) is 23.5 Å². The lowest BCUT2D eigenvalue weighted by Crippen LogP contribution is -2.02. The van der Waals surface area contributed by atoms with Gasteiger partial charge in [0.05, 0.1) is 12.8 Å². The molecule has 0 saturated carbocycles. The first-order valence-electron chi connectivity index (χ1n) is 8.56. The molecule has 0 aliphatic rings. The molecule has 0 amide bonds. The van der Waals surface area contributed by atoms with E-state index in [9.17, 15) is 0 Å². The van der Waals surface area contributed by atoms with Crippen molar-refractivity contribution < 1.29 is 4.74 Å². The molecule has 0 aliphatic carbocycles. The maximum absolute atomic E-state index is 7.92. The lowest BCUT2D eigenvalue weighted by Gasteiger charge is -2.15. The van der Waals surface area contributed by atoms with Gasteiger partial charge in [-0.3, -0.25) is 0 Å². The minimum Gasteiger partial charge on any atom is -0.495 e. The number of aromatic nitrogens is 1. The highest BCUT2D eigenvalue weighted by Gasteiger charge is 2.09. The van der Waals surface area contributed by atoms with Gasteiger partial charge in [-0.25, -0.2) is 4.98 Å². The Balaban J connectivity index is 1.87. The third kappa shape index (κ3) is 4.17. The Bertz CT molecular complexity index is 984. The largest absolute Gasteiger partial charge is 0.495 e. The van der Waals surface area contributed by atoms with Crippen molar-refractivity contribution in [1.29, 1.82) is 5.41 Å². The lowest BCUT2D eigenvalue weighted by molar-refractivity contribution is 0.416. The van der Waals surface area contributed by atoms with Crippen LogP contribution in [0.2, 0.25) is 0 Å². The van der Waals surface area contributed by atoms with E-state index in [4.69, 9.17) is 15.9 Å². The number of anilines is 5. The molecule has 6 heteroatoms. The molecule has 0 atom stereocenters. The van der Waals surface area contributed by atoms with E-state index in [0.717, 1.165) is 28.2 Å². The zero-order valence-corrected chi connectivity index (χ0v) is 15.6. The Kier molecular flexibility index (Phi) is 5.26. The van der Waals surface area contributed by atoms with Crippen molar-refractivity contribution in [1.82, 2.24) is 4.98 Å². The Morgan fingerprint density at radius 3 is 2.59 bits per heavy atom. The van der Waals surface area contributed by atoms with Gasteiger partial charge >= 0.3 is 0 Å². The van der Waals surface area contributed by atoms with E-state index in [1.165, 1.54) is 0 Å². The first kappa shape index (κ1) is 18.3. The maximum Gasteiger partial charge on any atom is 0.142 e. The number of para-hydroxylation sites is 1. The standard InChI is InChI=1S/C21H23N5O/c1-13-10-20(27-3)19(12-17(13)23)26-21-11-15(8-9-24-21)25-18-7-5-4-6-16(18)14(2)22/h4-12,22H,23H2,1-3H3,(H2,24,25,26). The van der Waals surface area contributed by atoms with Crippen LogP contribution in [-0.4, -0.2) is 17.8 Å². The maximum atomic E-state index is 7.92. The first-order chi connectivity index (χ1) is 13.0. The molecule has 27 heavy (non-hydrogen) atoms. The summed E-state index contributed by atoms with van der Waals surface area (Å²) in [6.07, 6.45) is 1.72. The van der Waals surface area contributed by atoms with Crippen LogP contribution in [0.1, 0.15) is 18.1 Å². The van der Waals surface area contributed by atoms with Gasteiger partial charge in [0.2, 0.25) is 0 Å². The molecule has 0 radical (unpaired) electrons. The number of pyridine rings is 1. The minimum absolute atomic E-state index is 0.505. The van der Waals surface area contributed by atoms with E-state index in [1.54, 1.807) is 20.2 Å². The molecule has 0 fully saturated rings. The molecule has 1 heterocycles. The first-order valence-corrected chi connectivity index (χ1v) is 8.56. The number of nitrogens with one attached hydrogen (secondary N) is 3. The van der Waals surface area contributed by atoms with Crippen LogP contribution < -0.4 is 21.1 Å². The van der Waals surface area contributed by atoms with Gasteiger partial charge in [-0.15, -0.1) is 0 Å². The monoisotopic (exact) mass is 361 g/mol. The van der Waals surface area contributed by atoms with Gasteiger partial charge in [0.1, 0.15) is 11.6 Å². The van der Waals surface area contributed by atoms with Gasteiger partial charge < -0.3 is 26.5 Å². The van der Waals surface area contributed by atoms with Crippen LogP contribution in [0.3, 0.4) is 0 Å². The summed E-state index contributed by atoms with van der Waals surface area (Å²) >= 11 is 0. The molecule has 2 aromatic carbocycles. The minimum atomic E-state index is 0.505. The van der Waals surface area contributed by atoms with Crippen molar-refractivity contribution in [3.05, 3.63) is 65.9 Å². The summed E-state index contributed by atoms with van der Waals surface area (Å²) in [6.45, 7) is 3.71. The zero-order valence-electron chi connectivity index (χ0n) is 15.6. The van der Waals surface area contributed by atoms with Crippen molar-refractivity contribution in [3.63, 3.8) is 0 Å². The number of ether oxygens (including phenoxy) is 1. The van der Waals surface area contributed by atoms with Crippen LogP contribution in [-0.2, 0) is 0 Å². The average Bonchev–Trinajstić information content (AvgIpc) is 2.65. The zero-order chi connectivity index (χ0) is 19.4. The van der Waals surface area contributed by atoms with E-state index in [1.807, 2.05) is 55.5 Å². The molecule has 0 aliphatic heterocycles. The molecule has 1 aromatic heterocycles. The number of rotatable bonds is 6. The molecule has 138 valence electrons. The van der Waals surface area contributed by atoms with Gasteiger partial charge in [0, 0.05) is 40.6 Å². The number of hydrogen-bond acceptors (Lipinski definition) is 6. The van der Waals surface area contributed by atoms with E-state index in [2.05, 4.69) is 15.6 Å². The van der Waals surface area contributed by atoms with Crippen molar-refractivity contribution in [2.24, 2.45) is 0 Å². The summed E-state index contributed by atoms with van der Waals surface area (Å²) < 4.78 is 5.44. The Morgan fingerprint density at radius 1 is 1.07 bits per heavy atom. The average molecular weight is 361 g/mol. The fourth-order valence-corrected chi connectivity index (χ4v) is 2.75. The highest BCUT2D eigenvalue weighted by Crippen LogP contribution is 2.32. The summed E-state index contributed by atoms with van der Waals surface area (Å²) in [5, 5.41) is 14.5. The highest BCUT2D eigenvalue weighted by molar-refractivity contribution is 6.02. The van der Waals surface area contributed by atoms with E-state index >= 15 is 0 Å². The topological polar surface area (TPSA) is 96.0 Å². The molecule has 5 N–H and O–H groups in total. The number of nitrogens with two attached hydrogens (primary N) is 1. The Hall–Kier alpha value is -3.54. The van der Waals surface area contributed by atoms with Crippen LogP contribution in [0.5, 0.6) is 5.75 Å². The summed E-state index contributed by atoms with van der Waals surface area (Å²) in [6, 6.07) is 15.2. The third-order valence-corrected chi connectivity index (χ3v) is 4.22. The molecular formula is C21H23N5O. The second-order valence-corrected chi connectivity index (χ2v) is 6.26. The van der Waals surface area contributed by atoms with Gasteiger partial charge in [-0.1, -0.05) is 18.2 Å². The predicted molar refractivity (Wildman–Crippen MR) is 112 cm³/mol. The normalized spacial score (nSPS) is 10.3. The lowest BCUT2D eigenvalue weighted by atomic mass is 10.1. The molecule has 6 nitrogen and oxygen atoms in total. The Labute approximate surface area is 158 Å². The van der Waals surface area contributed by atoms with Gasteiger partial charge in [-0.2, -0.15) is 0 Å². The van der Waals surface area contributed by atoms with Crippen LogP contribution in [0.4, 0.5) is 28.6 Å². The SMILES string of the molecule is COc1cc(C)c(N)cc1Nc1cc(Nc2ccccc2C(C)=N)ccn1. The quantitative estimate of drug-likeness (QED) is 0.371. The van der Waals surface area contributed by atoms with E-state index < -0.39 is 0 Å². The fraction of sp³-hybridized carbons (Fsp3) is 0.143. The van der Waals surface area contributed by atoms with Crippen LogP contribution in [0.25, 0.3) is 0 Å². The van der Waals surface area contributed by atoms with Crippen molar-refractivity contribution >= 4 is 34.3 Å². The summed E-state index contributed by atoms with van der Waals surface area (Å²) in [5.74, 6) is 1.36. The van der Waals surface area contributed by atoms with Crippen LogP contribution in [0, 0.1) is 12.3 Å². The molecule has 3 aromatic rings. The van der Waals surface area contributed by atoms with E-state index in [0.29, 0.717) is 23.0 Å². The number of aryl methyl sites for hydroxylation is 1. The third-order valence-electron chi connectivity index (χ3n) is 4.22. The molecular weight excluding hydrogens is 338 g/mol. The number of benzene rings is 2. The predicted octanol–water partition coefficient (Wildman–Crippen LogP) is 4.86. The molecule has 0 unspecified atom stereocenters. The van der Waals surface area contributed by atoms with Gasteiger partial charge in [0.25, 0.3) is 0 Å². The van der Waals surface area contributed by atoms with Crippen LogP contribution >= 0.6 is 0 Å². The summed E-state index contributed by atoms with van der Waals surface area (Å²) in [4.78, 5) is 4.37.